The average molecular weight is 881 g/mol. The third-order valence-electron chi connectivity index (χ3n) is 11.8. The monoisotopic (exact) mass is 880 g/mol. The van der Waals surface area contributed by atoms with Crippen molar-refractivity contribution in [3.8, 4) is 0 Å². The number of aliphatic hydroxyl groups excluding tert-OH is 1. The van der Waals surface area contributed by atoms with Crippen LogP contribution in [-0.2, 0) is 80.4 Å². The Kier molecular flexibility index (Phi) is 15.8. The summed E-state index contributed by atoms with van der Waals surface area (Å²) in [5.41, 5.74) is 5.65. The van der Waals surface area contributed by atoms with Crippen LogP contribution in [0.2, 0.25) is 0 Å². The van der Waals surface area contributed by atoms with Crippen LogP contribution in [0, 0.1) is 0 Å². The summed E-state index contributed by atoms with van der Waals surface area (Å²) in [7, 11) is 0. The Bertz CT molecular complexity index is 2260. The average Bonchev–Trinajstić information content (AvgIpc) is 3.37. The molecule has 11 atom stereocenters. The fraction of sp³-hybridized carbons (Fsp3) is 0.333. The van der Waals surface area contributed by atoms with Crippen LogP contribution in [0.3, 0.4) is 0 Å². The van der Waals surface area contributed by atoms with Gasteiger partial charge in [-0.2, -0.15) is 0 Å². The Balaban J connectivity index is 1.06. The van der Waals surface area contributed by atoms with Gasteiger partial charge in [0.1, 0.15) is 48.8 Å². The number of ether oxygens (including phenoxy) is 10. The van der Waals surface area contributed by atoms with Crippen molar-refractivity contribution in [1.29, 1.82) is 0 Å². The second-order valence-electron chi connectivity index (χ2n) is 16.4. The minimum absolute atomic E-state index is 0.100. The molecule has 0 aliphatic carbocycles. The minimum atomic E-state index is -1.18. The van der Waals surface area contributed by atoms with Crippen LogP contribution in [0.4, 0.5) is 0 Å². The summed E-state index contributed by atoms with van der Waals surface area (Å²) in [6.45, 7) is 1.48. The van der Waals surface area contributed by atoms with E-state index >= 15 is 0 Å². The molecule has 3 aliphatic heterocycles. The fourth-order valence-corrected chi connectivity index (χ4v) is 8.38. The van der Waals surface area contributed by atoms with Gasteiger partial charge in [0.2, 0.25) is 0 Å². The van der Waals surface area contributed by atoms with Crippen molar-refractivity contribution in [2.75, 3.05) is 13.2 Å². The maximum absolute atomic E-state index is 12.3. The summed E-state index contributed by atoms with van der Waals surface area (Å²) in [5, 5.41) is 12.3. The molecular formula is C54H56O11. The molecule has 65 heavy (non-hydrogen) atoms. The highest BCUT2D eigenvalue weighted by Gasteiger charge is 2.55. The van der Waals surface area contributed by atoms with E-state index in [-0.39, 0.29) is 39.6 Å². The smallest absolute Gasteiger partial charge is 0.187 e. The first-order valence-corrected chi connectivity index (χ1v) is 22.3. The van der Waals surface area contributed by atoms with Crippen molar-refractivity contribution in [3.05, 3.63) is 215 Å². The number of hydrogen-bond acceptors (Lipinski definition) is 11. The zero-order chi connectivity index (χ0) is 44.0. The zero-order valence-electron chi connectivity index (χ0n) is 36.2. The highest BCUT2D eigenvalue weighted by Crippen LogP contribution is 2.39. The SMILES string of the molecule is O[C@H]1[C@H]2OC(c3ccccc3)OC[C@H]2O[C@@H](O[C@H]2[C@H](OCc3ccccc3)[C@@H](OCc3ccccc3)[C@H](OCc3ccccc3)O[C@@H]2COCc2ccccc2)[C@@H]1OCc1ccccc1. The largest absolute Gasteiger partial charge is 0.387 e. The van der Waals surface area contributed by atoms with E-state index < -0.39 is 67.7 Å². The normalized spacial score (nSPS) is 27.7. The first-order valence-electron chi connectivity index (χ1n) is 22.3. The van der Waals surface area contributed by atoms with Crippen LogP contribution in [0.15, 0.2) is 182 Å². The molecule has 0 bridgehead atoms. The molecule has 0 aromatic heterocycles. The molecular weight excluding hydrogens is 825 g/mol. The van der Waals surface area contributed by atoms with E-state index in [1.165, 1.54) is 0 Å². The van der Waals surface area contributed by atoms with Crippen LogP contribution < -0.4 is 0 Å². The predicted octanol–water partition coefficient (Wildman–Crippen LogP) is 8.49. The van der Waals surface area contributed by atoms with Gasteiger partial charge in [-0.3, -0.25) is 0 Å². The molecule has 0 saturated carbocycles. The molecule has 11 heteroatoms. The molecule has 3 aliphatic rings. The maximum Gasteiger partial charge on any atom is 0.187 e. The highest BCUT2D eigenvalue weighted by atomic mass is 16.8. The van der Waals surface area contributed by atoms with Crippen molar-refractivity contribution in [3.63, 3.8) is 0 Å². The fourth-order valence-electron chi connectivity index (χ4n) is 8.38. The van der Waals surface area contributed by atoms with E-state index in [2.05, 4.69) is 0 Å². The summed E-state index contributed by atoms with van der Waals surface area (Å²) in [6, 6.07) is 59.2. The second kappa shape index (κ2) is 22.9. The van der Waals surface area contributed by atoms with Gasteiger partial charge in [0, 0.05) is 5.56 Å². The Morgan fingerprint density at radius 3 is 1.40 bits per heavy atom. The Hall–Kier alpha value is -5.12. The second-order valence-corrected chi connectivity index (χ2v) is 16.4. The van der Waals surface area contributed by atoms with E-state index in [0.29, 0.717) is 6.61 Å². The molecule has 6 aromatic carbocycles. The molecule has 3 saturated heterocycles. The van der Waals surface area contributed by atoms with Crippen molar-refractivity contribution >= 4 is 0 Å². The number of hydrogen-bond donors (Lipinski definition) is 1. The van der Waals surface area contributed by atoms with Crippen molar-refractivity contribution < 1.29 is 52.5 Å². The lowest BCUT2D eigenvalue weighted by molar-refractivity contribution is -0.394. The molecule has 0 spiro atoms. The van der Waals surface area contributed by atoms with Gasteiger partial charge in [0.25, 0.3) is 0 Å². The molecule has 1 N–H and O–H groups in total. The van der Waals surface area contributed by atoms with Crippen LogP contribution in [0.5, 0.6) is 0 Å². The highest BCUT2D eigenvalue weighted by molar-refractivity contribution is 5.19. The van der Waals surface area contributed by atoms with Gasteiger partial charge in [-0.25, -0.2) is 0 Å². The summed E-state index contributed by atoms with van der Waals surface area (Å²) in [6.07, 6.45) is -9.71. The van der Waals surface area contributed by atoms with Gasteiger partial charge in [-0.15, -0.1) is 0 Å². The predicted molar refractivity (Wildman–Crippen MR) is 241 cm³/mol. The molecule has 338 valence electrons. The summed E-state index contributed by atoms with van der Waals surface area (Å²) >= 11 is 0. The Morgan fingerprint density at radius 1 is 0.431 bits per heavy atom. The molecule has 3 fully saturated rings. The lowest BCUT2D eigenvalue weighted by Crippen LogP contribution is -2.67. The van der Waals surface area contributed by atoms with Crippen molar-refractivity contribution in [2.24, 2.45) is 0 Å². The summed E-state index contributed by atoms with van der Waals surface area (Å²) in [4.78, 5) is 0. The van der Waals surface area contributed by atoms with Gasteiger partial charge in [0.15, 0.2) is 18.9 Å². The van der Waals surface area contributed by atoms with Crippen molar-refractivity contribution in [2.45, 2.75) is 101 Å². The van der Waals surface area contributed by atoms with Crippen LogP contribution >= 0.6 is 0 Å². The third-order valence-corrected chi connectivity index (χ3v) is 11.8. The van der Waals surface area contributed by atoms with Gasteiger partial charge in [0.05, 0.1) is 46.2 Å². The van der Waals surface area contributed by atoms with E-state index in [0.717, 1.165) is 33.4 Å². The molecule has 3 heterocycles. The summed E-state index contributed by atoms with van der Waals surface area (Å²) < 4.78 is 67.2. The maximum atomic E-state index is 12.3. The van der Waals surface area contributed by atoms with Gasteiger partial charge in [-0.05, 0) is 27.8 Å². The molecule has 1 unspecified atom stereocenters. The van der Waals surface area contributed by atoms with Gasteiger partial charge in [-0.1, -0.05) is 182 Å². The minimum Gasteiger partial charge on any atom is -0.387 e. The molecule has 11 nitrogen and oxygen atoms in total. The topological polar surface area (TPSA) is 113 Å². The third kappa shape index (κ3) is 12.0. The lowest BCUT2D eigenvalue weighted by Gasteiger charge is -2.50. The molecule has 0 amide bonds. The molecule has 6 aromatic rings. The number of benzene rings is 6. The van der Waals surface area contributed by atoms with Crippen molar-refractivity contribution in [1.82, 2.24) is 0 Å². The number of rotatable bonds is 19. The lowest BCUT2D eigenvalue weighted by atomic mass is 9.95. The van der Waals surface area contributed by atoms with Crippen LogP contribution in [0.25, 0.3) is 0 Å². The van der Waals surface area contributed by atoms with Crippen LogP contribution in [0.1, 0.15) is 39.7 Å². The Labute approximate surface area is 380 Å². The van der Waals surface area contributed by atoms with Gasteiger partial charge >= 0.3 is 0 Å². The Morgan fingerprint density at radius 2 is 0.877 bits per heavy atom. The van der Waals surface area contributed by atoms with E-state index in [9.17, 15) is 5.11 Å². The molecule has 9 rings (SSSR count). The van der Waals surface area contributed by atoms with Gasteiger partial charge < -0.3 is 52.5 Å². The van der Waals surface area contributed by atoms with E-state index in [1.807, 2.05) is 182 Å². The number of aliphatic hydroxyl groups is 1. The standard InChI is InChI=1S/C54H56O11/c55-46-47-45(37-61-52(64-47)43-29-17-6-18-30-43)63-54(49(46)57-32-39-21-9-2-10-22-39)65-48-44(36-56-31-38-19-7-1-8-20-38)62-53(60-35-42-27-15-5-16-28-42)51(59-34-41-25-13-4-14-26-41)50(48)58-33-40-23-11-3-12-24-40/h1-30,44-55H,31-37H2/t44-,45-,46+,47+,48-,49-,50+,51-,52?,53-,54+/m1/s1. The first-order chi connectivity index (χ1) is 32.1. The van der Waals surface area contributed by atoms with Crippen LogP contribution in [-0.4, -0.2) is 79.7 Å². The summed E-state index contributed by atoms with van der Waals surface area (Å²) in [5.74, 6) is 0. The molecule has 0 radical (unpaired) electrons. The number of fused-ring (bicyclic) bond motifs is 1. The van der Waals surface area contributed by atoms with E-state index in [1.54, 1.807) is 0 Å². The first kappa shape index (κ1) is 45.1. The quantitative estimate of drug-likeness (QED) is 0.0846. The van der Waals surface area contributed by atoms with E-state index in [4.69, 9.17) is 47.4 Å². The zero-order valence-corrected chi connectivity index (χ0v) is 36.2.